The molecule has 4 rings (SSSR count). The number of anilines is 2. The van der Waals surface area contributed by atoms with Crippen LogP contribution in [0.25, 0.3) is 0 Å². The Kier molecular flexibility index (Phi) is 3.03. The van der Waals surface area contributed by atoms with Crippen LogP contribution < -0.4 is 10.2 Å². The van der Waals surface area contributed by atoms with Crippen molar-refractivity contribution in [1.29, 1.82) is 0 Å². The van der Waals surface area contributed by atoms with Crippen molar-refractivity contribution < 1.29 is 4.52 Å². The van der Waals surface area contributed by atoms with E-state index >= 15 is 0 Å². The van der Waals surface area contributed by atoms with Gasteiger partial charge in [-0.2, -0.15) is 4.98 Å². The van der Waals surface area contributed by atoms with E-state index < -0.39 is 0 Å². The molecule has 0 radical (unpaired) electrons. The second-order valence-electron chi connectivity index (χ2n) is 5.74. The van der Waals surface area contributed by atoms with Crippen molar-refractivity contribution in [3.8, 4) is 0 Å². The van der Waals surface area contributed by atoms with E-state index in [1.807, 2.05) is 6.07 Å². The number of para-hydroxylation sites is 1. The summed E-state index contributed by atoms with van der Waals surface area (Å²) in [6.07, 6.45) is 0. The molecule has 1 saturated heterocycles. The Morgan fingerprint density at radius 1 is 1.19 bits per heavy atom. The largest absolute Gasteiger partial charge is 0.384 e. The van der Waals surface area contributed by atoms with Gasteiger partial charge in [-0.3, -0.25) is 0 Å². The fourth-order valence-electron chi connectivity index (χ4n) is 3.01. The summed E-state index contributed by atoms with van der Waals surface area (Å²) in [6.45, 7) is 4.81. The lowest BCUT2D eigenvalue weighted by molar-refractivity contribution is 0.308. The van der Waals surface area contributed by atoms with Gasteiger partial charge in [0.2, 0.25) is 5.89 Å². The predicted octanol–water partition coefficient (Wildman–Crippen LogP) is 1.38. The van der Waals surface area contributed by atoms with Crippen LogP contribution >= 0.6 is 0 Å². The van der Waals surface area contributed by atoms with Crippen molar-refractivity contribution in [2.75, 3.05) is 50.0 Å². The van der Waals surface area contributed by atoms with Crippen LogP contribution in [0.5, 0.6) is 0 Å². The molecular weight excluding hydrogens is 266 g/mol. The number of benzene rings is 1. The van der Waals surface area contributed by atoms with Crippen LogP contribution in [0.1, 0.15) is 17.4 Å². The topological polar surface area (TPSA) is 57.4 Å². The monoisotopic (exact) mass is 285 g/mol. The van der Waals surface area contributed by atoms with E-state index in [0.717, 1.165) is 38.7 Å². The van der Waals surface area contributed by atoms with Crippen molar-refractivity contribution in [1.82, 2.24) is 15.0 Å². The van der Waals surface area contributed by atoms with Gasteiger partial charge in [0, 0.05) is 38.4 Å². The Morgan fingerprint density at radius 2 is 2.00 bits per heavy atom. The van der Waals surface area contributed by atoms with E-state index in [1.165, 1.54) is 11.3 Å². The minimum Gasteiger partial charge on any atom is -0.384 e. The summed E-state index contributed by atoms with van der Waals surface area (Å²) < 4.78 is 5.53. The molecule has 2 aromatic rings. The van der Waals surface area contributed by atoms with E-state index in [9.17, 15) is 0 Å². The van der Waals surface area contributed by atoms with Crippen molar-refractivity contribution in [2.45, 2.75) is 5.92 Å². The summed E-state index contributed by atoms with van der Waals surface area (Å²) >= 11 is 0. The highest BCUT2D eigenvalue weighted by Crippen LogP contribution is 2.35. The zero-order chi connectivity index (χ0) is 14.2. The number of hydrogen-bond acceptors (Lipinski definition) is 6. The maximum atomic E-state index is 5.53. The molecule has 1 unspecified atom stereocenters. The lowest BCUT2D eigenvalue weighted by Crippen LogP contribution is -2.44. The van der Waals surface area contributed by atoms with Gasteiger partial charge < -0.3 is 19.6 Å². The van der Waals surface area contributed by atoms with Gasteiger partial charge in [-0.1, -0.05) is 18.2 Å². The van der Waals surface area contributed by atoms with Crippen LogP contribution in [-0.4, -0.2) is 54.8 Å². The fraction of sp³-hybridized carbons (Fsp3) is 0.467. The smallest absolute Gasteiger partial charge is 0.266 e. The van der Waals surface area contributed by atoms with Gasteiger partial charge in [0.25, 0.3) is 5.95 Å². The quantitative estimate of drug-likeness (QED) is 0.899. The van der Waals surface area contributed by atoms with Crippen LogP contribution in [0.4, 0.5) is 11.6 Å². The van der Waals surface area contributed by atoms with E-state index in [2.05, 4.69) is 50.5 Å². The standard InChI is InChI=1S/C15H19N5O/c1-19-6-8-20(9-7-19)15-17-14(21-18-15)12-10-16-13-5-3-2-4-11(12)13/h2-5,12,16H,6-10H2,1H3. The maximum absolute atomic E-state index is 5.53. The van der Waals surface area contributed by atoms with Crippen molar-refractivity contribution in [2.24, 2.45) is 0 Å². The second kappa shape index (κ2) is 5.04. The minimum atomic E-state index is 0.162. The summed E-state index contributed by atoms with van der Waals surface area (Å²) in [5.74, 6) is 1.60. The number of fused-ring (bicyclic) bond motifs is 1. The van der Waals surface area contributed by atoms with Crippen LogP contribution in [0.15, 0.2) is 28.8 Å². The van der Waals surface area contributed by atoms with Gasteiger partial charge in [0.15, 0.2) is 0 Å². The Labute approximate surface area is 123 Å². The van der Waals surface area contributed by atoms with Crippen molar-refractivity contribution in [3.05, 3.63) is 35.7 Å². The molecule has 0 aliphatic carbocycles. The number of rotatable bonds is 2. The molecule has 0 bridgehead atoms. The summed E-state index contributed by atoms with van der Waals surface area (Å²) in [6, 6.07) is 8.31. The van der Waals surface area contributed by atoms with Crippen molar-refractivity contribution >= 4 is 11.6 Å². The van der Waals surface area contributed by atoms with Gasteiger partial charge in [0.05, 0.1) is 5.92 Å². The molecular formula is C15H19N5O. The van der Waals surface area contributed by atoms with E-state index in [4.69, 9.17) is 4.52 Å². The number of likely N-dealkylation sites (N-methyl/N-ethyl adjacent to an activating group) is 1. The molecule has 110 valence electrons. The zero-order valence-electron chi connectivity index (χ0n) is 12.1. The molecule has 3 heterocycles. The number of nitrogens with zero attached hydrogens (tertiary/aromatic N) is 4. The van der Waals surface area contributed by atoms with Crippen LogP contribution in [0.2, 0.25) is 0 Å². The third-order valence-electron chi connectivity index (χ3n) is 4.35. The number of nitrogens with one attached hydrogen (secondary N) is 1. The summed E-state index contributed by atoms with van der Waals surface area (Å²) in [5.41, 5.74) is 2.41. The average molecular weight is 285 g/mol. The molecule has 21 heavy (non-hydrogen) atoms. The summed E-state index contributed by atoms with van der Waals surface area (Å²) in [4.78, 5) is 9.14. The van der Waals surface area contributed by atoms with Crippen LogP contribution in [0, 0.1) is 0 Å². The highest BCUT2D eigenvalue weighted by Gasteiger charge is 2.29. The van der Waals surface area contributed by atoms with Crippen molar-refractivity contribution in [3.63, 3.8) is 0 Å². The molecule has 1 atom stereocenters. The lowest BCUT2D eigenvalue weighted by atomic mass is 10.0. The molecule has 2 aliphatic heterocycles. The van der Waals surface area contributed by atoms with Gasteiger partial charge >= 0.3 is 0 Å². The van der Waals surface area contributed by atoms with E-state index in [0.29, 0.717) is 5.89 Å². The van der Waals surface area contributed by atoms with Gasteiger partial charge in [-0.25, -0.2) is 0 Å². The summed E-state index contributed by atoms with van der Waals surface area (Å²) in [7, 11) is 2.14. The van der Waals surface area contributed by atoms with E-state index in [-0.39, 0.29) is 5.92 Å². The Hall–Kier alpha value is -2.08. The number of piperazine rings is 1. The number of hydrogen-bond donors (Lipinski definition) is 1. The predicted molar refractivity (Wildman–Crippen MR) is 80.8 cm³/mol. The lowest BCUT2D eigenvalue weighted by Gasteiger charge is -2.31. The molecule has 1 aromatic carbocycles. The van der Waals surface area contributed by atoms with Crippen LogP contribution in [0.3, 0.4) is 0 Å². The first-order valence-corrected chi connectivity index (χ1v) is 7.41. The first kappa shape index (κ1) is 12.6. The Balaban J connectivity index is 1.55. The molecule has 6 nitrogen and oxygen atoms in total. The summed E-state index contributed by atoms with van der Waals surface area (Å²) in [5, 5.41) is 7.57. The number of aromatic nitrogens is 2. The first-order valence-electron chi connectivity index (χ1n) is 7.41. The average Bonchev–Trinajstić information content (AvgIpc) is 3.14. The maximum Gasteiger partial charge on any atom is 0.266 e. The molecule has 6 heteroatoms. The van der Waals surface area contributed by atoms with Gasteiger partial charge in [-0.05, 0) is 23.8 Å². The Bertz CT molecular complexity index is 632. The molecule has 0 saturated carbocycles. The fourth-order valence-corrected chi connectivity index (χ4v) is 3.01. The molecule has 2 aliphatic rings. The highest BCUT2D eigenvalue weighted by molar-refractivity contribution is 5.59. The highest BCUT2D eigenvalue weighted by atomic mass is 16.5. The van der Waals surface area contributed by atoms with Gasteiger partial charge in [-0.15, -0.1) is 0 Å². The first-order chi connectivity index (χ1) is 10.3. The Morgan fingerprint density at radius 3 is 2.86 bits per heavy atom. The molecule has 1 N–H and O–H groups in total. The normalized spacial score (nSPS) is 22.1. The SMILES string of the molecule is CN1CCN(c2noc(C3CNc4ccccc43)n2)CC1. The third kappa shape index (κ3) is 2.25. The minimum absolute atomic E-state index is 0.162. The second-order valence-corrected chi connectivity index (χ2v) is 5.74. The molecule has 0 spiro atoms. The van der Waals surface area contributed by atoms with Crippen LogP contribution in [-0.2, 0) is 0 Å². The third-order valence-corrected chi connectivity index (χ3v) is 4.35. The van der Waals surface area contributed by atoms with E-state index in [1.54, 1.807) is 0 Å². The molecule has 1 fully saturated rings. The van der Waals surface area contributed by atoms with Gasteiger partial charge in [0.1, 0.15) is 0 Å². The molecule has 0 amide bonds. The zero-order valence-corrected chi connectivity index (χ0v) is 12.1. The molecule has 1 aromatic heterocycles.